The van der Waals surface area contributed by atoms with Crippen LogP contribution < -0.4 is 16.0 Å². The maximum atomic E-state index is 13.1. The molecule has 0 unspecified atom stereocenters. The number of fused-ring (bicyclic) bond motifs is 1. The van der Waals surface area contributed by atoms with E-state index in [1.165, 1.54) is 6.07 Å². The molecule has 0 atom stereocenters. The van der Waals surface area contributed by atoms with Crippen molar-refractivity contribution in [3.8, 4) is 11.3 Å². The smallest absolute Gasteiger partial charge is 0.253 e. The van der Waals surface area contributed by atoms with Crippen LogP contribution in [0.2, 0.25) is 0 Å². The molecule has 0 aliphatic carbocycles. The van der Waals surface area contributed by atoms with E-state index in [-0.39, 0.29) is 30.8 Å². The van der Waals surface area contributed by atoms with Gasteiger partial charge in [0.05, 0.1) is 36.1 Å². The lowest BCUT2D eigenvalue weighted by Gasteiger charge is -2.38. The van der Waals surface area contributed by atoms with E-state index in [2.05, 4.69) is 26.3 Å². The van der Waals surface area contributed by atoms with Crippen LogP contribution in [0.1, 0.15) is 33.6 Å². The van der Waals surface area contributed by atoms with E-state index >= 15 is 0 Å². The lowest BCUT2D eigenvalue weighted by Crippen LogP contribution is -2.48. The van der Waals surface area contributed by atoms with Crippen LogP contribution in [0.3, 0.4) is 0 Å². The molecule has 36 heavy (non-hydrogen) atoms. The van der Waals surface area contributed by atoms with Gasteiger partial charge in [0, 0.05) is 37.0 Å². The van der Waals surface area contributed by atoms with Crippen molar-refractivity contribution in [2.75, 3.05) is 37.3 Å². The summed E-state index contributed by atoms with van der Waals surface area (Å²) in [5, 5.41) is 27.9. The number of piperidine rings is 1. The fraction of sp³-hybridized carbons (Fsp3) is 0.320. The van der Waals surface area contributed by atoms with Gasteiger partial charge in [0.1, 0.15) is 5.69 Å². The zero-order valence-electron chi connectivity index (χ0n) is 19.8. The summed E-state index contributed by atoms with van der Waals surface area (Å²) in [6, 6.07) is 12.5. The SMILES string of the molecule is CNc1cccc(-c2cn(CC3(O)CCN(C(=O)c4ccc5c(c4)NC(=O)CNC5=O)CC3)nn2)c1. The maximum Gasteiger partial charge on any atom is 0.253 e. The molecule has 2 aliphatic heterocycles. The molecule has 3 aromatic rings. The molecule has 1 fully saturated rings. The maximum absolute atomic E-state index is 13.1. The van der Waals surface area contributed by atoms with Crippen molar-refractivity contribution in [3.63, 3.8) is 0 Å². The number of hydrogen-bond acceptors (Lipinski definition) is 7. The van der Waals surface area contributed by atoms with Gasteiger partial charge in [-0.15, -0.1) is 5.10 Å². The summed E-state index contributed by atoms with van der Waals surface area (Å²) in [7, 11) is 1.85. The third-order valence-corrected chi connectivity index (χ3v) is 6.62. The minimum atomic E-state index is -1.02. The van der Waals surface area contributed by atoms with Crippen molar-refractivity contribution in [3.05, 3.63) is 59.8 Å². The molecule has 1 saturated heterocycles. The first-order valence-corrected chi connectivity index (χ1v) is 11.8. The number of carbonyl (C=O) groups excluding carboxylic acids is 3. The molecule has 2 aliphatic rings. The molecule has 0 spiro atoms. The van der Waals surface area contributed by atoms with Crippen LogP contribution in [0.25, 0.3) is 11.3 Å². The molecule has 186 valence electrons. The van der Waals surface area contributed by atoms with E-state index in [1.807, 2.05) is 37.5 Å². The Balaban J connectivity index is 1.23. The van der Waals surface area contributed by atoms with E-state index < -0.39 is 5.60 Å². The summed E-state index contributed by atoms with van der Waals surface area (Å²) in [6.45, 7) is 0.890. The van der Waals surface area contributed by atoms with Crippen LogP contribution in [0, 0.1) is 0 Å². The standard InChI is InChI=1S/C25H27N7O4/c1-26-18-4-2-3-16(11-18)21-14-32(30-29-21)15-25(36)7-9-31(10-8-25)24(35)17-5-6-19-20(12-17)28-22(33)13-27-23(19)34/h2-6,11-12,14,26,36H,7-10,13,15H2,1H3,(H,27,34)(H,28,33). The average Bonchev–Trinajstić information content (AvgIpc) is 3.29. The van der Waals surface area contributed by atoms with E-state index in [1.54, 1.807) is 21.7 Å². The fourth-order valence-electron chi connectivity index (χ4n) is 4.54. The predicted molar refractivity (Wildman–Crippen MR) is 132 cm³/mol. The molecule has 1 aromatic heterocycles. The summed E-state index contributed by atoms with van der Waals surface area (Å²) in [4.78, 5) is 38.8. The van der Waals surface area contributed by atoms with Gasteiger partial charge in [-0.1, -0.05) is 17.3 Å². The third-order valence-electron chi connectivity index (χ3n) is 6.62. The second-order valence-electron chi connectivity index (χ2n) is 9.14. The monoisotopic (exact) mass is 489 g/mol. The third kappa shape index (κ3) is 4.78. The van der Waals surface area contributed by atoms with Crippen LogP contribution in [0.4, 0.5) is 11.4 Å². The minimum Gasteiger partial charge on any atom is -0.388 e. The largest absolute Gasteiger partial charge is 0.388 e. The van der Waals surface area contributed by atoms with Crippen molar-refractivity contribution in [1.82, 2.24) is 25.2 Å². The van der Waals surface area contributed by atoms with Crippen LogP contribution in [0.5, 0.6) is 0 Å². The molecule has 4 N–H and O–H groups in total. The Morgan fingerprint density at radius 3 is 2.75 bits per heavy atom. The number of nitrogens with one attached hydrogen (secondary N) is 3. The molecule has 3 heterocycles. The quantitative estimate of drug-likeness (QED) is 0.424. The topological polar surface area (TPSA) is 141 Å². The number of anilines is 2. The van der Waals surface area contributed by atoms with Gasteiger partial charge in [0.2, 0.25) is 5.91 Å². The molecule has 2 aromatic carbocycles. The fourth-order valence-corrected chi connectivity index (χ4v) is 4.54. The van der Waals surface area contributed by atoms with Crippen molar-refractivity contribution in [1.29, 1.82) is 0 Å². The normalized spacial score (nSPS) is 17.0. The Hall–Kier alpha value is -4.25. The highest BCUT2D eigenvalue weighted by molar-refractivity contribution is 6.10. The summed E-state index contributed by atoms with van der Waals surface area (Å²) in [5.41, 5.74) is 2.60. The van der Waals surface area contributed by atoms with Crippen molar-refractivity contribution < 1.29 is 19.5 Å². The molecular formula is C25H27N7O4. The number of nitrogens with zero attached hydrogens (tertiary/aromatic N) is 4. The van der Waals surface area contributed by atoms with E-state index in [0.29, 0.717) is 48.4 Å². The molecule has 0 bridgehead atoms. The Labute approximate surface area is 207 Å². The Kier molecular flexibility index (Phi) is 6.15. The number of aliphatic hydroxyl groups is 1. The van der Waals surface area contributed by atoms with Gasteiger partial charge >= 0.3 is 0 Å². The number of rotatable bonds is 5. The molecular weight excluding hydrogens is 462 g/mol. The molecule has 0 saturated carbocycles. The zero-order chi connectivity index (χ0) is 25.3. The molecule has 0 radical (unpaired) electrons. The second-order valence-corrected chi connectivity index (χ2v) is 9.14. The first-order chi connectivity index (χ1) is 17.3. The minimum absolute atomic E-state index is 0.114. The van der Waals surface area contributed by atoms with Gasteiger partial charge in [0.15, 0.2) is 0 Å². The Morgan fingerprint density at radius 1 is 1.17 bits per heavy atom. The highest BCUT2D eigenvalue weighted by Gasteiger charge is 2.35. The zero-order valence-corrected chi connectivity index (χ0v) is 19.8. The number of amides is 3. The van der Waals surface area contributed by atoms with E-state index in [4.69, 9.17) is 0 Å². The van der Waals surface area contributed by atoms with Crippen molar-refractivity contribution in [2.45, 2.75) is 25.0 Å². The molecule has 5 rings (SSSR count). The number of aromatic nitrogens is 3. The second kappa shape index (κ2) is 9.42. The number of benzene rings is 2. The van der Waals surface area contributed by atoms with Crippen molar-refractivity contribution >= 4 is 29.1 Å². The van der Waals surface area contributed by atoms with E-state index in [9.17, 15) is 19.5 Å². The number of carbonyl (C=O) groups is 3. The van der Waals surface area contributed by atoms with Crippen molar-refractivity contribution in [2.24, 2.45) is 0 Å². The lowest BCUT2D eigenvalue weighted by atomic mass is 9.91. The van der Waals surface area contributed by atoms with Crippen LogP contribution >= 0.6 is 0 Å². The number of likely N-dealkylation sites (tertiary alicyclic amines) is 1. The summed E-state index contributed by atoms with van der Waals surface area (Å²) < 4.78 is 1.64. The van der Waals surface area contributed by atoms with Gasteiger partial charge in [-0.25, -0.2) is 4.68 Å². The lowest BCUT2D eigenvalue weighted by molar-refractivity contribution is -0.115. The van der Waals surface area contributed by atoms with Gasteiger partial charge in [0.25, 0.3) is 11.8 Å². The summed E-state index contributed by atoms with van der Waals surface area (Å²) >= 11 is 0. The van der Waals surface area contributed by atoms with E-state index in [0.717, 1.165) is 11.3 Å². The molecule has 3 amide bonds. The van der Waals surface area contributed by atoms with Crippen LogP contribution in [-0.2, 0) is 11.3 Å². The molecule has 11 heteroatoms. The molecule has 11 nitrogen and oxygen atoms in total. The van der Waals surface area contributed by atoms with Crippen LogP contribution in [-0.4, -0.2) is 75.0 Å². The van der Waals surface area contributed by atoms with Crippen LogP contribution in [0.15, 0.2) is 48.7 Å². The van der Waals surface area contributed by atoms with Gasteiger partial charge in [-0.05, 0) is 43.2 Å². The summed E-state index contributed by atoms with van der Waals surface area (Å²) in [5.74, 6) is -0.927. The highest BCUT2D eigenvalue weighted by atomic mass is 16.3. The Morgan fingerprint density at radius 2 is 1.97 bits per heavy atom. The van der Waals surface area contributed by atoms with Gasteiger partial charge in [-0.2, -0.15) is 0 Å². The van der Waals surface area contributed by atoms with Gasteiger partial charge in [-0.3, -0.25) is 14.4 Å². The first-order valence-electron chi connectivity index (χ1n) is 11.8. The number of hydrogen-bond donors (Lipinski definition) is 4. The summed E-state index contributed by atoms with van der Waals surface area (Å²) in [6.07, 6.45) is 2.57. The predicted octanol–water partition coefficient (Wildman–Crippen LogP) is 1.34. The average molecular weight is 490 g/mol. The van der Waals surface area contributed by atoms with Gasteiger partial charge < -0.3 is 26.0 Å². The first kappa shape index (κ1) is 23.5. The highest BCUT2D eigenvalue weighted by Crippen LogP contribution is 2.27. The Bertz CT molecular complexity index is 1330.